The maximum atomic E-state index is 12.6. The minimum absolute atomic E-state index is 0.135. The number of rotatable bonds is 9. The smallest absolute Gasteiger partial charge is 0.272 e. The maximum Gasteiger partial charge on any atom is 0.272 e. The van der Waals surface area contributed by atoms with Crippen molar-refractivity contribution in [1.29, 1.82) is 0 Å². The largest absolute Gasteiger partial charge is 0.489 e. The Kier molecular flexibility index (Phi) is 6.72. The summed E-state index contributed by atoms with van der Waals surface area (Å²) in [6, 6.07) is 10.1. The fraction of sp³-hybridized carbons (Fsp3) is 0.417. The van der Waals surface area contributed by atoms with E-state index in [4.69, 9.17) is 9.15 Å². The molecule has 2 heterocycles. The van der Waals surface area contributed by atoms with Crippen LogP contribution in [0.15, 0.2) is 47.3 Å². The van der Waals surface area contributed by atoms with E-state index in [2.05, 4.69) is 33.5 Å². The van der Waals surface area contributed by atoms with Gasteiger partial charge in [-0.15, -0.1) is 0 Å². The highest BCUT2D eigenvalue weighted by molar-refractivity contribution is 5.94. The molecule has 1 aliphatic carbocycles. The lowest BCUT2D eigenvalue weighted by atomic mass is 9.96. The normalized spacial score (nSPS) is 14.3. The molecule has 2 aromatic heterocycles. The molecule has 0 fully saturated rings. The second kappa shape index (κ2) is 9.83. The number of carbonyl (C=O) groups excluding carboxylic acids is 1. The lowest BCUT2D eigenvalue weighted by Crippen LogP contribution is -2.34. The molecule has 0 saturated heterocycles. The first-order valence-electron chi connectivity index (χ1n) is 10.9. The van der Waals surface area contributed by atoms with Gasteiger partial charge < -0.3 is 14.5 Å². The molecule has 7 nitrogen and oxygen atoms in total. The Labute approximate surface area is 182 Å². The summed E-state index contributed by atoms with van der Waals surface area (Å²) in [4.78, 5) is 14.8. The van der Waals surface area contributed by atoms with Crippen molar-refractivity contribution in [2.75, 3.05) is 13.6 Å². The van der Waals surface area contributed by atoms with Crippen LogP contribution in [0, 0.1) is 0 Å². The number of nitrogens with zero attached hydrogens (tertiary/aromatic N) is 2. The van der Waals surface area contributed by atoms with E-state index in [-0.39, 0.29) is 12.0 Å². The standard InChI is InChI=1S/C24H30N4O3/c1-17(13-25-24(29)23-21-8-3-4-9-22(21)26-27-23)31-20-7-5-6-18(12-20)14-28(2)15-19-10-11-30-16-19/h5-7,10-12,16-17H,3-4,8-9,13-15H2,1-2H3,(H,25,29)(H,26,27)/t17-/m0/s1. The molecule has 2 N–H and O–H groups in total. The minimum Gasteiger partial charge on any atom is -0.489 e. The number of furan rings is 1. The fourth-order valence-corrected chi connectivity index (χ4v) is 4.04. The van der Waals surface area contributed by atoms with Crippen molar-refractivity contribution in [2.45, 2.75) is 51.8 Å². The summed E-state index contributed by atoms with van der Waals surface area (Å²) in [6.45, 7) is 4.00. The zero-order valence-corrected chi connectivity index (χ0v) is 18.2. The lowest BCUT2D eigenvalue weighted by Gasteiger charge is -2.18. The van der Waals surface area contributed by atoms with Gasteiger partial charge in [-0.25, -0.2) is 0 Å². The van der Waals surface area contributed by atoms with Gasteiger partial charge in [-0.05, 0) is 63.4 Å². The highest BCUT2D eigenvalue weighted by atomic mass is 16.5. The van der Waals surface area contributed by atoms with E-state index in [0.717, 1.165) is 61.3 Å². The number of hydrogen-bond donors (Lipinski definition) is 2. The number of benzene rings is 1. The number of amides is 1. The average molecular weight is 423 g/mol. The average Bonchev–Trinajstić information content (AvgIpc) is 3.42. The molecule has 0 bridgehead atoms. The highest BCUT2D eigenvalue weighted by Gasteiger charge is 2.22. The van der Waals surface area contributed by atoms with E-state index < -0.39 is 0 Å². The topological polar surface area (TPSA) is 83.4 Å². The van der Waals surface area contributed by atoms with E-state index in [0.29, 0.717) is 12.2 Å². The number of aryl methyl sites for hydroxylation is 1. The number of aromatic nitrogens is 2. The van der Waals surface area contributed by atoms with E-state index in [1.807, 2.05) is 31.2 Å². The van der Waals surface area contributed by atoms with Crippen LogP contribution in [0.3, 0.4) is 0 Å². The van der Waals surface area contributed by atoms with Gasteiger partial charge in [-0.1, -0.05) is 12.1 Å². The third kappa shape index (κ3) is 5.55. The van der Waals surface area contributed by atoms with Gasteiger partial charge >= 0.3 is 0 Å². The molecule has 1 aliphatic rings. The van der Waals surface area contributed by atoms with Crippen molar-refractivity contribution in [3.05, 3.63) is 70.9 Å². The van der Waals surface area contributed by atoms with Crippen LogP contribution in [0.2, 0.25) is 0 Å². The zero-order valence-electron chi connectivity index (χ0n) is 18.2. The Morgan fingerprint density at radius 1 is 1.26 bits per heavy atom. The van der Waals surface area contributed by atoms with Gasteiger partial charge in [-0.3, -0.25) is 14.8 Å². The molecule has 7 heteroatoms. The molecule has 0 spiro atoms. The molecule has 0 aliphatic heterocycles. The van der Waals surface area contributed by atoms with Crippen molar-refractivity contribution >= 4 is 5.91 Å². The monoisotopic (exact) mass is 422 g/mol. The van der Waals surface area contributed by atoms with Crippen LogP contribution in [0.25, 0.3) is 0 Å². The molecule has 4 rings (SSSR count). The Bertz CT molecular complexity index is 996. The second-order valence-electron chi connectivity index (χ2n) is 8.33. The number of H-pyrrole nitrogens is 1. The maximum absolute atomic E-state index is 12.6. The molecule has 0 radical (unpaired) electrons. The summed E-state index contributed by atoms with van der Waals surface area (Å²) in [5.41, 5.74) is 5.03. The van der Waals surface area contributed by atoms with E-state index in [1.54, 1.807) is 12.5 Å². The van der Waals surface area contributed by atoms with Crippen LogP contribution in [0.4, 0.5) is 0 Å². The molecular formula is C24H30N4O3. The minimum atomic E-state index is -0.155. The SMILES string of the molecule is C[C@@H](CNC(=O)c1n[nH]c2c1CCCC2)Oc1cccc(CN(C)Cc2ccoc2)c1. The van der Waals surface area contributed by atoms with Crippen molar-refractivity contribution in [1.82, 2.24) is 20.4 Å². The van der Waals surface area contributed by atoms with Crippen LogP contribution < -0.4 is 10.1 Å². The quantitative estimate of drug-likeness (QED) is 0.549. The Hall–Kier alpha value is -3.06. The first-order valence-corrected chi connectivity index (χ1v) is 10.9. The second-order valence-corrected chi connectivity index (χ2v) is 8.33. The summed E-state index contributed by atoms with van der Waals surface area (Å²) >= 11 is 0. The molecule has 31 heavy (non-hydrogen) atoms. The van der Waals surface area contributed by atoms with Gasteiger partial charge in [0.05, 0.1) is 19.1 Å². The van der Waals surface area contributed by atoms with Crippen LogP contribution >= 0.6 is 0 Å². The zero-order chi connectivity index (χ0) is 21.6. The van der Waals surface area contributed by atoms with Gasteiger partial charge in [0.15, 0.2) is 5.69 Å². The predicted octanol–water partition coefficient (Wildman–Crippen LogP) is 3.71. The van der Waals surface area contributed by atoms with E-state index in [1.165, 1.54) is 5.56 Å². The number of ether oxygens (including phenoxy) is 1. The van der Waals surface area contributed by atoms with Crippen LogP contribution in [0.5, 0.6) is 5.75 Å². The van der Waals surface area contributed by atoms with Crippen molar-refractivity contribution in [3.8, 4) is 5.75 Å². The van der Waals surface area contributed by atoms with Crippen LogP contribution in [0.1, 0.15) is 52.6 Å². The molecule has 164 valence electrons. The van der Waals surface area contributed by atoms with Crippen molar-refractivity contribution in [3.63, 3.8) is 0 Å². The third-order valence-electron chi connectivity index (χ3n) is 5.54. The van der Waals surface area contributed by atoms with Gasteiger partial charge in [-0.2, -0.15) is 5.10 Å². The number of aromatic amines is 1. The highest BCUT2D eigenvalue weighted by Crippen LogP contribution is 2.22. The summed E-state index contributed by atoms with van der Waals surface area (Å²) < 4.78 is 11.2. The molecular weight excluding hydrogens is 392 g/mol. The number of hydrogen-bond acceptors (Lipinski definition) is 5. The van der Waals surface area contributed by atoms with Gasteiger partial charge in [0, 0.05) is 29.9 Å². The van der Waals surface area contributed by atoms with Crippen molar-refractivity contribution in [2.24, 2.45) is 0 Å². The summed E-state index contributed by atoms with van der Waals surface area (Å²) in [5.74, 6) is 0.664. The lowest BCUT2D eigenvalue weighted by molar-refractivity contribution is 0.0926. The first-order chi connectivity index (χ1) is 15.1. The number of nitrogens with one attached hydrogen (secondary N) is 2. The summed E-state index contributed by atoms with van der Waals surface area (Å²) in [7, 11) is 2.08. The van der Waals surface area contributed by atoms with Crippen LogP contribution in [-0.2, 0) is 25.9 Å². The van der Waals surface area contributed by atoms with Gasteiger partial charge in [0.2, 0.25) is 0 Å². The number of carbonyl (C=O) groups is 1. The van der Waals surface area contributed by atoms with E-state index in [9.17, 15) is 4.79 Å². The molecule has 1 amide bonds. The first kappa shape index (κ1) is 21.2. The Morgan fingerprint density at radius 2 is 2.10 bits per heavy atom. The Morgan fingerprint density at radius 3 is 2.94 bits per heavy atom. The predicted molar refractivity (Wildman–Crippen MR) is 118 cm³/mol. The summed E-state index contributed by atoms with van der Waals surface area (Å²) in [5, 5.41) is 10.2. The van der Waals surface area contributed by atoms with Crippen molar-refractivity contribution < 1.29 is 13.9 Å². The molecule has 1 atom stereocenters. The Balaban J connectivity index is 1.27. The van der Waals surface area contributed by atoms with Crippen LogP contribution in [-0.4, -0.2) is 40.7 Å². The fourth-order valence-electron chi connectivity index (χ4n) is 4.04. The third-order valence-corrected chi connectivity index (χ3v) is 5.54. The van der Waals surface area contributed by atoms with E-state index >= 15 is 0 Å². The molecule has 0 unspecified atom stereocenters. The van der Waals surface area contributed by atoms with Gasteiger partial charge in [0.1, 0.15) is 11.9 Å². The van der Waals surface area contributed by atoms with Gasteiger partial charge in [0.25, 0.3) is 5.91 Å². The molecule has 0 saturated carbocycles. The molecule has 1 aromatic carbocycles. The summed E-state index contributed by atoms with van der Waals surface area (Å²) in [6.07, 6.45) is 7.46. The molecule has 3 aromatic rings. The number of fused-ring (bicyclic) bond motifs is 1.